The first-order chi connectivity index (χ1) is 9.40. The minimum Gasteiger partial charge on any atom is -0.444 e. The van der Waals surface area contributed by atoms with Gasteiger partial charge < -0.3 is 4.74 Å². The van der Waals surface area contributed by atoms with Gasteiger partial charge in [-0.2, -0.15) is 0 Å². The van der Waals surface area contributed by atoms with Crippen LogP contribution in [0.3, 0.4) is 0 Å². The van der Waals surface area contributed by atoms with Crippen molar-refractivity contribution in [1.82, 2.24) is 0 Å². The number of sulfonamides is 1. The van der Waals surface area contributed by atoms with E-state index in [1.165, 1.54) is 0 Å². The second-order valence-corrected chi connectivity index (χ2v) is 6.67. The number of primary sulfonamides is 1. The molecule has 0 aliphatic rings. The molecule has 0 spiro atoms. The van der Waals surface area contributed by atoms with Crippen molar-refractivity contribution in [3.63, 3.8) is 0 Å². The minimum absolute atomic E-state index is 0.193. The number of amides is 1. The van der Waals surface area contributed by atoms with Crippen LogP contribution >= 0.6 is 0 Å². The number of nitrogens with two attached hydrogens (primary N) is 1. The molecular formula is C11H15N3O6S. The number of carbonyl (C=O) groups excluding carboxylic acids is 1. The maximum absolute atomic E-state index is 11.6. The Labute approximate surface area is 121 Å². The van der Waals surface area contributed by atoms with E-state index >= 15 is 0 Å². The van der Waals surface area contributed by atoms with Gasteiger partial charge in [0.15, 0.2) is 0 Å². The van der Waals surface area contributed by atoms with Gasteiger partial charge in [-0.05, 0) is 32.9 Å². The molecule has 0 fully saturated rings. The fourth-order valence-corrected chi connectivity index (χ4v) is 1.89. The van der Waals surface area contributed by atoms with E-state index < -0.39 is 37.2 Å². The maximum atomic E-state index is 11.6. The number of hydrogen-bond acceptors (Lipinski definition) is 6. The number of nitrogens with one attached hydrogen (secondary N) is 1. The number of nitro benzene ring substituents is 1. The zero-order valence-electron chi connectivity index (χ0n) is 11.6. The lowest BCUT2D eigenvalue weighted by Gasteiger charge is -2.19. The molecule has 10 heteroatoms. The van der Waals surface area contributed by atoms with Crippen molar-refractivity contribution >= 4 is 27.5 Å². The van der Waals surface area contributed by atoms with E-state index in [-0.39, 0.29) is 5.69 Å². The standard InChI is InChI=1S/C11H15N3O6S/c1-11(2,3)20-10(15)13-8-5-4-7(21(12,18)19)6-9(8)14(16)17/h4-6H,1-3H3,(H,13,15)(H2,12,18,19). The predicted octanol–water partition coefficient (Wildman–Crippen LogP) is 1.59. The van der Waals surface area contributed by atoms with E-state index in [4.69, 9.17) is 9.88 Å². The molecule has 1 rings (SSSR count). The second kappa shape index (κ2) is 5.66. The summed E-state index contributed by atoms with van der Waals surface area (Å²) < 4.78 is 27.3. The van der Waals surface area contributed by atoms with E-state index in [1.54, 1.807) is 20.8 Å². The van der Waals surface area contributed by atoms with Crippen LogP contribution in [0.5, 0.6) is 0 Å². The highest BCUT2D eigenvalue weighted by Gasteiger charge is 2.22. The fourth-order valence-electron chi connectivity index (χ4n) is 1.36. The third-order valence-corrected chi connectivity index (χ3v) is 3.04. The summed E-state index contributed by atoms with van der Waals surface area (Å²) in [5, 5.41) is 18.0. The summed E-state index contributed by atoms with van der Waals surface area (Å²) in [7, 11) is -4.08. The highest BCUT2D eigenvalue weighted by molar-refractivity contribution is 7.89. The van der Waals surface area contributed by atoms with Crippen molar-refractivity contribution in [3.05, 3.63) is 28.3 Å². The number of hydrogen-bond donors (Lipinski definition) is 2. The lowest BCUT2D eigenvalue weighted by Crippen LogP contribution is -2.27. The van der Waals surface area contributed by atoms with Crippen LogP contribution in [-0.4, -0.2) is 25.0 Å². The summed E-state index contributed by atoms with van der Waals surface area (Å²) in [5.74, 6) is 0. The Morgan fingerprint density at radius 3 is 2.38 bits per heavy atom. The van der Waals surface area contributed by atoms with Crippen molar-refractivity contribution in [2.24, 2.45) is 5.14 Å². The number of nitro groups is 1. The third kappa shape index (κ3) is 5.00. The maximum Gasteiger partial charge on any atom is 0.412 e. The molecule has 0 aliphatic heterocycles. The fraction of sp³-hybridized carbons (Fsp3) is 0.364. The van der Waals surface area contributed by atoms with Gasteiger partial charge in [-0.15, -0.1) is 0 Å². The molecule has 0 heterocycles. The molecule has 0 aliphatic carbocycles. The first kappa shape index (κ1) is 16.9. The second-order valence-electron chi connectivity index (χ2n) is 5.11. The Morgan fingerprint density at radius 2 is 1.95 bits per heavy atom. The van der Waals surface area contributed by atoms with Gasteiger partial charge in [-0.3, -0.25) is 15.4 Å². The molecule has 116 valence electrons. The molecule has 9 nitrogen and oxygen atoms in total. The van der Waals surface area contributed by atoms with Crippen LogP contribution in [-0.2, 0) is 14.8 Å². The number of benzene rings is 1. The minimum atomic E-state index is -4.08. The van der Waals surface area contributed by atoms with Gasteiger partial charge >= 0.3 is 6.09 Å². The molecular weight excluding hydrogens is 302 g/mol. The highest BCUT2D eigenvalue weighted by atomic mass is 32.2. The molecule has 0 saturated carbocycles. The van der Waals surface area contributed by atoms with E-state index in [1.807, 2.05) is 0 Å². The molecule has 0 bridgehead atoms. The predicted molar refractivity (Wildman–Crippen MR) is 74.3 cm³/mol. The smallest absolute Gasteiger partial charge is 0.412 e. The Balaban J connectivity index is 3.14. The first-order valence-electron chi connectivity index (χ1n) is 5.71. The summed E-state index contributed by atoms with van der Waals surface area (Å²) in [6.45, 7) is 4.89. The number of ether oxygens (including phenoxy) is 1. The van der Waals surface area contributed by atoms with E-state index in [0.717, 1.165) is 18.2 Å². The number of rotatable bonds is 3. The molecule has 0 radical (unpaired) electrons. The summed E-state index contributed by atoms with van der Waals surface area (Å²) in [6.07, 6.45) is -0.894. The first-order valence-corrected chi connectivity index (χ1v) is 7.26. The molecule has 1 amide bonds. The molecule has 0 saturated heterocycles. The summed E-state index contributed by atoms with van der Waals surface area (Å²) in [4.78, 5) is 21.3. The van der Waals surface area contributed by atoms with Gasteiger partial charge in [0.05, 0.1) is 9.82 Å². The molecule has 0 atom stereocenters. The van der Waals surface area contributed by atoms with Crippen LogP contribution in [0.15, 0.2) is 23.1 Å². The number of carbonyl (C=O) groups is 1. The van der Waals surface area contributed by atoms with Crippen molar-refractivity contribution in [2.75, 3.05) is 5.32 Å². The molecule has 1 aromatic rings. The lowest BCUT2D eigenvalue weighted by molar-refractivity contribution is -0.384. The quantitative estimate of drug-likeness (QED) is 0.640. The van der Waals surface area contributed by atoms with Gasteiger partial charge in [0.1, 0.15) is 11.3 Å². The van der Waals surface area contributed by atoms with Crippen molar-refractivity contribution in [1.29, 1.82) is 0 Å². The van der Waals surface area contributed by atoms with Crippen LogP contribution in [0.2, 0.25) is 0 Å². The molecule has 0 unspecified atom stereocenters. The Hall–Kier alpha value is -2.20. The van der Waals surface area contributed by atoms with E-state index in [9.17, 15) is 23.3 Å². The van der Waals surface area contributed by atoms with Gasteiger partial charge in [0, 0.05) is 6.07 Å². The van der Waals surface area contributed by atoms with Gasteiger partial charge in [0.25, 0.3) is 5.69 Å². The monoisotopic (exact) mass is 317 g/mol. The van der Waals surface area contributed by atoms with Crippen molar-refractivity contribution in [2.45, 2.75) is 31.3 Å². The van der Waals surface area contributed by atoms with Crippen molar-refractivity contribution < 1.29 is 22.9 Å². The normalized spacial score (nSPS) is 11.8. The Bertz CT molecular complexity index is 678. The average Bonchev–Trinajstić information content (AvgIpc) is 2.24. The van der Waals surface area contributed by atoms with Crippen LogP contribution < -0.4 is 10.5 Å². The van der Waals surface area contributed by atoms with Crippen LogP contribution in [0.1, 0.15) is 20.8 Å². The molecule has 3 N–H and O–H groups in total. The lowest BCUT2D eigenvalue weighted by atomic mass is 10.2. The van der Waals surface area contributed by atoms with Gasteiger partial charge in [-0.25, -0.2) is 18.4 Å². The molecule has 0 aromatic heterocycles. The highest BCUT2D eigenvalue weighted by Crippen LogP contribution is 2.27. The Morgan fingerprint density at radius 1 is 1.38 bits per heavy atom. The largest absolute Gasteiger partial charge is 0.444 e. The Kier molecular flexibility index (Phi) is 4.54. The topological polar surface area (TPSA) is 142 Å². The number of anilines is 1. The van der Waals surface area contributed by atoms with Crippen LogP contribution in [0, 0.1) is 10.1 Å². The average molecular weight is 317 g/mol. The summed E-state index contributed by atoms with van der Waals surface area (Å²) in [5.41, 5.74) is -1.58. The third-order valence-electron chi connectivity index (χ3n) is 2.13. The van der Waals surface area contributed by atoms with Gasteiger partial charge in [-0.1, -0.05) is 0 Å². The summed E-state index contributed by atoms with van der Waals surface area (Å²) >= 11 is 0. The van der Waals surface area contributed by atoms with E-state index in [2.05, 4.69) is 5.32 Å². The molecule has 21 heavy (non-hydrogen) atoms. The SMILES string of the molecule is CC(C)(C)OC(=O)Nc1ccc(S(N)(=O)=O)cc1[N+](=O)[O-]. The zero-order valence-corrected chi connectivity index (χ0v) is 12.4. The van der Waals surface area contributed by atoms with Crippen LogP contribution in [0.4, 0.5) is 16.2 Å². The van der Waals surface area contributed by atoms with Crippen molar-refractivity contribution in [3.8, 4) is 0 Å². The zero-order chi connectivity index (χ0) is 16.4. The number of nitrogens with zero attached hydrogens (tertiary/aromatic N) is 1. The van der Waals surface area contributed by atoms with E-state index in [0.29, 0.717) is 0 Å². The van der Waals surface area contributed by atoms with Gasteiger partial charge in [0.2, 0.25) is 10.0 Å². The summed E-state index contributed by atoms with van der Waals surface area (Å²) in [6, 6.07) is 2.89. The van der Waals surface area contributed by atoms with Crippen LogP contribution in [0.25, 0.3) is 0 Å². The molecule has 1 aromatic carbocycles.